The van der Waals surface area contributed by atoms with Crippen molar-refractivity contribution in [1.29, 1.82) is 0 Å². The van der Waals surface area contributed by atoms with E-state index < -0.39 is 5.97 Å². The highest BCUT2D eigenvalue weighted by atomic mass is 16.5. The van der Waals surface area contributed by atoms with E-state index >= 15 is 0 Å². The normalized spacial score (nSPS) is 10.1. The van der Waals surface area contributed by atoms with E-state index in [9.17, 15) is 4.79 Å². The minimum absolute atomic E-state index is 0.265. The van der Waals surface area contributed by atoms with Crippen LogP contribution in [0.25, 0.3) is 5.69 Å². The van der Waals surface area contributed by atoms with Gasteiger partial charge in [0.15, 0.2) is 5.69 Å². The van der Waals surface area contributed by atoms with E-state index in [1.807, 2.05) is 12.1 Å². The summed E-state index contributed by atoms with van der Waals surface area (Å²) in [7, 11) is 1.56. The number of para-hydroxylation sites is 2. The topological polar surface area (TPSA) is 66.2 Å². The van der Waals surface area contributed by atoms with E-state index in [0.29, 0.717) is 18.0 Å². The second-order valence-corrected chi connectivity index (χ2v) is 3.42. The number of rotatable bonds is 4. The second-order valence-electron chi connectivity index (χ2n) is 3.42. The Labute approximate surface area is 104 Å². The SMILES string of the molecule is CCOC(=O)c1cnnn1-c1ccccc1OC. The predicted octanol–water partition coefficient (Wildman–Crippen LogP) is 1.45. The third-order valence-corrected chi connectivity index (χ3v) is 2.35. The Bertz CT molecular complexity index is 551. The monoisotopic (exact) mass is 247 g/mol. The van der Waals surface area contributed by atoms with E-state index in [1.54, 1.807) is 26.2 Å². The van der Waals surface area contributed by atoms with Crippen molar-refractivity contribution in [3.63, 3.8) is 0 Å². The number of methoxy groups -OCH3 is 1. The van der Waals surface area contributed by atoms with Crippen LogP contribution in [-0.4, -0.2) is 34.7 Å². The molecule has 0 aliphatic rings. The lowest BCUT2D eigenvalue weighted by Gasteiger charge is -2.09. The van der Waals surface area contributed by atoms with Gasteiger partial charge in [0.1, 0.15) is 11.4 Å². The molecule has 0 N–H and O–H groups in total. The molecule has 0 bridgehead atoms. The van der Waals surface area contributed by atoms with E-state index in [-0.39, 0.29) is 5.69 Å². The number of aromatic nitrogens is 3. The summed E-state index contributed by atoms with van der Waals surface area (Å²) in [6, 6.07) is 7.24. The van der Waals surface area contributed by atoms with Crippen LogP contribution in [0, 0.1) is 0 Å². The Morgan fingerprint density at radius 2 is 2.17 bits per heavy atom. The van der Waals surface area contributed by atoms with Crippen LogP contribution in [0.1, 0.15) is 17.4 Å². The van der Waals surface area contributed by atoms with Crippen LogP contribution in [0.4, 0.5) is 0 Å². The molecule has 0 amide bonds. The summed E-state index contributed by atoms with van der Waals surface area (Å²) in [5.74, 6) is 0.141. The van der Waals surface area contributed by atoms with Crippen molar-refractivity contribution in [3.05, 3.63) is 36.2 Å². The maximum Gasteiger partial charge on any atom is 0.358 e. The highest BCUT2D eigenvalue weighted by Crippen LogP contribution is 2.22. The highest BCUT2D eigenvalue weighted by Gasteiger charge is 2.17. The lowest BCUT2D eigenvalue weighted by molar-refractivity contribution is 0.0515. The molecular weight excluding hydrogens is 234 g/mol. The number of carbonyl (C=O) groups excluding carboxylic acids is 1. The highest BCUT2D eigenvalue weighted by molar-refractivity contribution is 5.87. The molecular formula is C12H13N3O3. The van der Waals surface area contributed by atoms with Crippen molar-refractivity contribution in [2.24, 2.45) is 0 Å². The Morgan fingerprint density at radius 3 is 2.89 bits per heavy atom. The smallest absolute Gasteiger partial charge is 0.358 e. The van der Waals surface area contributed by atoms with Gasteiger partial charge >= 0.3 is 5.97 Å². The first-order chi connectivity index (χ1) is 8.77. The van der Waals surface area contributed by atoms with Gasteiger partial charge in [0.25, 0.3) is 0 Å². The fourth-order valence-electron chi connectivity index (χ4n) is 1.56. The first kappa shape index (κ1) is 12.1. The van der Waals surface area contributed by atoms with Crippen molar-refractivity contribution in [1.82, 2.24) is 15.0 Å². The molecule has 0 saturated heterocycles. The molecule has 0 fully saturated rings. The summed E-state index contributed by atoms with van der Waals surface area (Å²) in [4.78, 5) is 11.7. The Hall–Kier alpha value is -2.37. The van der Waals surface area contributed by atoms with E-state index in [1.165, 1.54) is 10.9 Å². The predicted molar refractivity (Wildman–Crippen MR) is 63.9 cm³/mol. The second kappa shape index (κ2) is 5.31. The Morgan fingerprint density at radius 1 is 1.39 bits per heavy atom. The summed E-state index contributed by atoms with van der Waals surface area (Å²) >= 11 is 0. The molecule has 6 heteroatoms. The number of benzene rings is 1. The maximum absolute atomic E-state index is 11.7. The van der Waals surface area contributed by atoms with Gasteiger partial charge in [-0.1, -0.05) is 17.3 Å². The van der Waals surface area contributed by atoms with Gasteiger partial charge in [-0.25, -0.2) is 9.48 Å². The van der Waals surface area contributed by atoms with Gasteiger partial charge in [0.2, 0.25) is 0 Å². The lowest BCUT2D eigenvalue weighted by atomic mass is 10.3. The molecule has 0 aliphatic heterocycles. The minimum atomic E-state index is -0.464. The largest absolute Gasteiger partial charge is 0.494 e. The summed E-state index contributed by atoms with van der Waals surface area (Å²) in [5, 5.41) is 7.62. The van der Waals surface area contributed by atoms with Crippen LogP contribution in [0.3, 0.4) is 0 Å². The first-order valence-electron chi connectivity index (χ1n) is 5.49. The molecule has 1 aromatic carbocycles. The van der Waals surface area contributed by atoms with E-state index in [2.05, 4.69) is 10.3 Å². The van der Waals surface area contributed by atoms with Crippen molar-refractivity contribution < 1.29 is 14.3 Å². The van der Waals surface area contributed by atoms with Gasteiger partial charge in [-0.15, -0.1) is 5.10 Å². The number of hydrogen-bond donors (Lipinski definition) is 0. The van der Waals surface area contributed by atoms with E-state index in [4.69, 9.17) is 9.47 Å². The number of esters is 1. The average molecular weight is 247 g/mol. The van der Waals surface area contributed by atoms with Crippen LogP contribution in [0.15, 0.2) is 30.5 Å². The molecule has 0 aliphatic carbocycles. The number of ether oxygens (including phenoxy) is 2. The third-order valence-electron chi connectivity index (χ3n) is 2.35. The molecule has 1 heterocycles. The zero-order chi connectivity index (χ0) is 13.0. The third kappa shape index (κ3) is 2.17. The molecule has 6 nitrogen and oxygen atoms in total. The average Bonchev–Trinajstić information content (AvgIpc) is 2.88. The summed E-state index contributed by atoms with van der Waals surface area (Å²) < 4.78 is 11.6. The van der Waals surface area contributed by atoms with Crippen LogP contribution in [0.5, 0.6) is 5.75 Å². The fraction of sp³-hybridized carbons (Fsp3) is 0.250. The van der Waals surface area contributed by atoms with Gasteiger partial charge in [-0.05, 0) is 19.1 Å². The van der Waals surface area contributed by atoms with Gasteiger partial charge in [0.05, 0.1) is 19.9 Å². The molecule has 1 aromatic heterocycles. The number of carbonyl (C=O) groups is 1. The molecule has 0 saturated carbocycles. The van der Waals surface area contributed by atoms with Crippen LogP contribution in [0.2, 0.25) is 0 Å². The summed E-state index contributed by atoms with van der Waals surface area (Å²) in [6.07, 6.45) is 1.37. The Balaban J connectivity index is 2.45. The van der Waals surface area contributed by atoms with Gasteiger partial charge in [0, 0.05) is 0 Å². The molecule has 0 atom stereocenters. The van der Waals surface area contributed by atoms with Crippen LogP contribution in [-0.2, 0) is 4.74 Å². The quantitative estimate of drug-likeness (QED) is 0.765. The summed E-state index contributed by atoms with van der Waals surface area (Å²) in [5.41, 5.74) is 0.905. The fourth-order valence-corrected chi connectivity index (χ4v) is 1.56. The van der Waals surface area contributed by atoms with Crippen LogP contribution >= 0.6 is 0 Å². The maximum atomic E-state index is 11.7. The molecule has 0 unspecified atom stereocenters. The zero-order valence-corrected chi connectivity index (χ0v) is 10.2. The minimum Gasteiger partial charge on any atom is -0.494 e. The summed E-state index contributed by atoms with van der Waals surface area (Å²) in [6.45, 7) is 2.05. The van der Waals surface area contributed by atoms with Crippen molar-refractivity contribution in [2.75, 3.05) is 13.7 Å². The van der Waals surface area contributed by atoms with Gasteiger partial charge in [-0.2, -0.15) is 0 Å². The first-order valence-corrected chi connectivity index (χ1v) is 5.49. The van der Waals surface area contributed by atoms with Gasteiger partial charge < -0.3 is 9.47 Å². The standard InChI is InChI=1S/C12H13N3O3/c1-3-18-12(16)10-8-13-14-15(10)9-6-4-5-7-11(9)17-2/h4-8H,3H2,1-2H3. The number of nitrogens with zero attached hydrogens (tertiary/aromatic N) is 3. The van der Waals surface area contributed by atoms with Crippen molar-refractivity contribution in [2.45, 2.75) is 6.92 Å². The van der Waals surface area contributed by atoms with Crippen molar-refractivity contribution >= 4 is 5.97 Å². The Kier molecular flexibility index (Phi) is 3.57. The number of hydrogen-bond acceptors (Lipinski definition) is 5. The lowest BCUT2D eigenvalue weighted by Crippen LogP contribution is -2.12. The van der Waals surface area contributed by atoms with E-state index in [0.717, 1.165) is 0 Å². The molecule has 0 spiro atoms. The van der Waals surface area contributed by atoms with Crippen molar-refractivity contribution in [3.8, 4) is 11.4 Å². The zero-order valence-electron chi connectivity index (χ0n) is 10.2. The molecule has 18 heavy (non-hydrogen) atoms. The molecule has 2 aromatic rings. The molecule has 0 radical (unpaired) electrons. The van der Waals surface area contributed by atoms with Crippen LogP contribution < -0.4 is 4.74 Å². The van der Waals surface area contributed by atoms with Gasteiger partial charge in [-0.3, -0.25) is 0 Å². The molecule has 94 valence electrons. The molecule has 2 rings (SSSR count).